The van der Waals surface area contributed by atoms with Gasteiger partial charge in [0.2, 0.25) is 0 Å². The Bertz CT molecular complexity index is 1020. The van der Waals surface area contributed by atoms with Crippen LogP contribution in [0.3, 0.4) is 0 Å². The molecule has 5 nitrogen and oxygen atoms in total. The van der Waals surface area contributed by atoms with Crippen molar-refractivity contribution >= 4 is 0 Å². The van der Waals surface area contributed by atoms with Crippen molar-refractivity contribution in [3.05, 3.63) is 63.8 Å². The van der Waals surface area contributed by atoms with E-state index in [1.54, 1.807) is 25.3 Å². The van der Waals surface area contributed by atoms with Gasteiger partial charge in [-0.2, -0.15) is 0 Å². The first-order chi connectivity index (χ1) is 14.7. The molecule has 1 atom stereocenters. The number of phenols is 3. The van der Waals surface area contributed by atoms with Gasteiger partial charge in [0.1, 0.15) is 28.7 Å². The summed E-state index contributed by atoms with van der Waals surface area (Å²) in [5.41, 5.74) is 5.14. The van der Waals surface area contributed by atoms with Gasteiger partial charge in [0.05, 0.1) is 13.7 Å². The van der Waals surface area contributed by atoms with Crippen molar-refractivity contribution in [3.63, 3.8) is 0 Å². The molecular formula is C26H32O5. The zero-order chi connectivity index (χ0) is 22.7. The Morgan fingerprint density at radius 1 is 1.00 bits per heavy atom. The molecule has 2 aromatic rings. The fourth-order valence-electron chi connectivity index (χ4n) is 3.96. The van der Waals surface area contributed by atoms with Crippen molar-refractivity contribution in [1.29, 1.82) is 0 Å². The monoisotopic (exact) mass is 424 g/mol. The Hall–Kier alpha value is -3.08. The summed E-state index contributed by atoms with van der Waals surface area (Å²) in [6.07, 6.45) is 5.65. The van der Waals surface area contributed by atoms with Crippen molar-refractivity contribution in [2.75, 3.05) is 13.7 Å². The second-order valence-corrected chi connectivity index (χ2v) is 8.57. The SMILES string of the molecule is COc1c(CC=C(C)C)c(O)cc2c1C[C@@H](c1ccc(O)c(CC=C(C)C)c1O)CO2. The molecule has 1 aliphatic heterocycles. The van der Waals surface area contributed by atoms with Crippen LogP contribution in [0.1, 0.15) is 55.9 Å². The summed E-state index contributed by atoms with van der Waals surface area (Å²) in [6, 6.07) is 5.04. The molecule has 0 amide bonds. The van der Waals surface area contributed by atoms with Crippen LogP contribution in [0, 0.1) is 0 Å². The fourth-order valence-corrected chi connectivity index (χ4v) is 3.96. The number of phenolic OH excluding ortho intramolecular Hbond substituents is 3. The number of methoxy groups -OCH3 is 1. The highest BCUT2D eigenvalue weighted by Crippen LogP contribution is 2.46. The molecule has 166 valence electrons. The van der Waals surface area contributed by atoms with Crippen LogP contribution in [0.2, 0.25) is 0 Å². The van der Waals surface area contributed by atoms with Gasteiger partial charge in [-0.1, -0.05) is 29.4 Å². The summed E-state index contributed by atoms with van der Waals surface area (Å²) in [7, 11) is 1.60. The first-order valence-corrected chi connectivity index (χ1v) is 10.6. The lowest BCUT2D eigenvalue weighted by atomic mass is 9.86. The van der Waals surface area contributed by atoms with Crippen LogP contribution < -0.4 is 9.47 Å². The van der Waals surface area contributed by atoms with Gasteiger partial charge in [0.25, 0.3) is 0 Å². The van der Waals surface area contributed by atoms with E-state index >= 15 is 0 Å². The van der Waals surface area contributed by atoms with Crippen molar-refractivity contribution in [3.8, 4) is 28.7 Å². The van der Waals surface area contributed by atoms with Gasteiger partial charge in [-0.15, -0.1) is 0 Å². The van der Waals surface area contributed by atoms with Gasteiger partial charge in [-0.25, -0.2) is 0 Å². The Balaban J connectivity index is 2.00. The molecule has 0 saturated carbocycles. The molecular weight excluding hydrogens is 392 g/mol. The molecule has 0 bridgehead atoms. The van der Waals surface area contributed by atoms with Gasteiger partial charge in [-0.05, 0) is 53.0 Å². The number of rotatable bonds is 6. The van der Waals surface area contributed by atoms with Gasteiger partial charge in [-0.3, -0.25) is 0 Å². The number of allylic oxidation sites excluding steroid dienone is 4. The molecule has 0 saturated heterocycles. The molecule has 2 aromatic carbocycles. The second-order valence-electron chi connectivity index (χ2n) is 8.57. The van der Waals surface area contributed by atoms with E-state index < -0.39 is 0 Å². The van der Waals surface area contributed by atoms with Gasteiger partial charge in [0, 0.05) is 34.2 Å². The van der Waals surface area contributed by atoms with E-state index in [1.807, 2.05) is 39.8 Å². The molecule has 0 aromatic heterocycles. The second kappa shape index (κ2) is 9.38. The Kier molecular flexibility index (Phi) is 6.84. The van der Waals surface area contributed by atoms with Crippen molar-refractivity contribution in [1.82, 2.24) is 0 Å². The van der Waals surface area contributed by atoms with E-state index in [0.717, 1.165) is 27.8 Å². The number of hydrogen-bond acceptors (Lipinski definition) is 5. The average Bonchev–Trinajstić information content (AvgIpc) is 2.71. The number of fused-ring (bicyclic) bond motifs is 1. The normalized spacial score (nSPS) is 14.9. The topological polar surface area (TPSA) is 79.2 Å². The molecule has 0 spiro atoms. The molecule has 0 radical (unpaired) electrons. The summed E-state index contributed by atoms with van der Waals surface area (Å²) >= 11 is 0. The number of aromatic hydroxyl groups is 3. The third kappa shape index (κ3) is 4.82. The fraction of sp³-hybridized carbons (Fsp3) is 0.385. The molecule has 0 unspecified atom stereocenters. The lowest BCUT2D eigenvalue weighted by molar-refractivity contribution is 0.252. The minimum atomic E-state index is -0.103. The molecule has 3 rings (SSSR count). The maximum Gasteiger partial charge on any atom is 0.132 e. The van der Waals surface area contributed by atoms with Gasteiger partial charge in [0.15, 0.2) is 0 Å². The maximum absolute atomic E-state index is 10.9. The first kappa shape index (κ1) is 22.6. The van der Waals surface area contributed by atoms with Gasteiger partial charge < -0.3 is 24.8 Å². The summed E-state index contributed by atoms with van der Waals surface area (Å²) in [5, 5.41) is 31.7. The number of hydrogen-bond donors (Lipinski definition) is 3. The molecule has 31 heavy (non-hydrogen) atoms. The van der Waals surface area contributed by atoms with Crippen LogP contribution in [0.15, 0.2) is 41.5 Å². The quantitative estimate of drug-likeness (QED) is 0.530. The molecule has 3 N–H and O–H groups in total. The lowest BCUT2D eigenvalue weighted by Crippen LogP contribution is -2.20. The average molecular weight is 425 g/mol. The predicted molar refractivity (Wildman–Crippen MR) is 123 cm³/mol. The largest absolute Gasteiger partial charge is 0.508 e. The van der Waals surface area contributed by atoms with E-state index in [0.29, 0.717) is 42.9 Å². The summed E-state index contributed by atoms with van der Waals surface area (Å²) in [6.45, 7) is 8.36. The molecule has 5 heteroatoms. The summed E-state index contributed by atoms with van der Waals surface area (Å²) in [4.78, 5) is 0. The minimum Gasteiger partial charge on any atom is -0.508 e. The predicted octanol–water partition coefficient (Wildman–Crippen LogP) is 5.55. The molecule has 1 heterocycles. The highest BCUT2D eigenvalue weighted by molar-refractivity contribution is 5.60. The van der Waals surface area contributed by atoms with Crippen molar-refractivity contribution in [2.24, 2.45) is 0 Å². The van der Waals surface area contributed by atoms with E-state index in [-0.39, 0.29) is 23.2 Å². The van der Waals surface area contributed by atoms with Crippen LogP contribution in [-0.4, -0.2) is 29.0 Å². The molecule has 0 fully saturated rings. The summed E-state index contributed by atoms with van der Waals surface area (Å²) in [5.74, 6) is 1.48. The minimum absolute atomic E-state index is 0.0855. The number of benzene rings is 2. The van der Waals surface area contributed by atoms with Crippen LogP contribution in [0.25, 0.3) is 0 Å². The van der Waals surface area contributed by atoms with Gasteiger partial charge >= 0.3 is 0 Å². The Labute approximate surface area is 184 Å². The third-order valence-electron chi connectivity index (χ3n) is 5.68. The zero-order valence-electron chi connectivity index (χ0n) is 19.0. The highest BCUT2D eigenvalue weighted by atomic mass is 16.5. The van der Waals surface area contributed by atoms with Crippen molar-refractivity contribution < 1.29 is 24.8 Å². The van der Waals surface area contributed by atoms with E-state index in [9.17, 15) is 15.3 Å². The van der Waals surface area contributed by atoms with E-state index in [1.165, 1.54) is 0 Å². The maximum atomic E-state index is 10.9. The first-order valence-electron chi connectivity index (χ1n) is 10.6. The van der Waals surface area contributed by atoms with Crippen LogP contribution in [-0.2, 0) is 19.3 Å². The lowest BCUT2D eigenvalue weighted by Gasteiger charge is -2.29. The molecule has 1 aliphatic rings. The third-order valence-corrected chi connectivity index (χ3v) is 5.68. The van der Waals surface area contributed by atoms with Crippen molar-refractivity contribution in [2.45, 2.75) is 52.9 Å². The Morgan fingerprint density at radius 2 is 1.65 bits per heavy atom. The van der Waals surface area contributed by atoms with Crippen LogP contribution >= 0.6 is 0 Å². The standard InChI is InChI=1S/C26H32O5/c1-15(2)6-8-19-22(27)11-10-18(25(19)29)17-12-21-24(31-14-17)13-23(28)20(26(21)30-5)9-7-16(3)4/h6-7,10-11,13,17,27-29H,8-9,12,14H2,1-5H3/t17-/m1/s1. The van der Waals surface area contributed by atoms with Crippen LogP contribution in [0.4, 0.5) is 0 Å². The van der Waals surface area contributed by atoms with E-state index in [2.05, 4.69) is 0 Å². The zero-order valence-corrected chi connectivity index (χ0v) is 19.0. The van der Waals surface area contributed by atoms with Crippen LogP contribution in [0.5, 0.6) is 28.7 Å². The highest BCUT2D eigenvalue weighted by Gasteiger charge is 2.30. The number of ether oxygens (including phenoxy) is 2. The van der Waals surface area contributed by atoms with E-state index in [4.69, 9.17) is 9.47 Å². The smallest absolute Gasteiger partial charge is 0.132 e. The summed E-state index contributed by atoms with van der Waals surface area (Å²) < 4.78 is 11.7. The Morgan fingerprint density at radius 3 is 2.26 bits per heavy atom. The molecule has 0 aliphatic carbocycles.